The van der Waals surface area contributed by atoms with E-state index in [-0.39, 0.29) is 4.90 Å². The van der Waals surface area contributed by atoms with Gasteiger partial charge in [-0.05, 0) is 62.4 Å². The van der Waals surface area contributed by atoms with E-state index in [1.54, 1.807) is 36.4 Å². The van der Waals surface area contributed by atoms with Crippen LogP contribution in [0, 0.1) is 0 Å². The van der Waals surface area contributed by atoms with Gasteiger partial charge in [0.1, 0.15) is 0 Å². The minimum Gasteiger partial charge on any atom is -0.383 e. The molecule has 0 atom stereocenters. The maximum absolute atomic E-state index is 12.2. The zero-order chi connectivity index (χ0) is 15.5. The summed E-state index contributed by atoms with van der Waals surface area (Å²) < 4.78 is 27.9. The molecule has 2 N–H and O–H groups in total. The third kappa shape index (κ3) is 4.47. The van der Waals surface area contributed by atoms with Crippen molar-refractivity contribution in [2.45, 2.75) is 24.8 Å². The summed E-state index contributed by atoms with van der Waals surface area (Å²) in [7, 11) is -3.56. The Bertz CT molecular complexity index is 695. The van der Waals surface area contributed by atoms with Gasteiger partial charge in [-0.3, -0.25) is 4.72 Å². The van der Waals surface area contributed by atoms with Crippen LogP contribution in [0.1, 0.15) is 13.8 Å². The van der Waals surface area contributed by atoms with E-state index < -0.39 is 10.0 Å². The zero-order valence-electron chi connectivity index (χ0n) is 11.8. The molecule has 0 heterocycles. The van der Waals surface area contributed by atoms with E-state index in [9.17, 15) is 8.42 Å². The summed E-state index contributed by atoms with van der Waals surface area (Å²) in [6.45, 7) is 4.09. The standard InChI is InChI=1S/C15H17BrN2O2S/c1-11(2)17-13-5-7-14(8-6-13)18-21(19,20)15-9-3-12(16)4-10-15/h3-11,17-18H,1-2H3. The van der Waals surface area contributed by atoms with Gasteiger partial charge in [0.15, 0.2) is 0 Å². The number of sulfonamides is 1. The minimum absolute atomic E-state index is 0.232. The smallest absolute Gasteiger partial charge is 0.261 e. The van der Waals surface area contributed by atoms with Crippen LogP contribution in [0.4, 0.5) is 11.4 Å². The Balaban J connectivity index is 2.15. The van der Waals surface area contributed by atoms with Crippen molar-refractivity contribution in [2.75, 3.05) is 10.0 Å². The fraction of sp³-hybridized carbons (Fsp3) is 0.200. The minimum atomic E-state index is -3.56. The first-order valence-corrected chi connectivity index (χ1v) is 8.79. The molecule has 0 aliphatic rings. The van der Waals surface area contributed by atoms with E-state index in [1.165, 1.54) is 0 Å². The molecule has 21 heavy (non-hydrogen) atoms. The van der Waals surface area contributed by atoms with Gasteiger partial charge in [0.05, 0.1) is 4.90 Å². The van der Waals surface area contributed by atoms with Crippen LogP contribution in [0.15, 0.2) is 57.9 Å². The molecule has 2 aromatic rings. The number of benzene rings is 2. The number of halogens is 1. The normalized spacial score (nSPS) is 11.4. The zero-order valence-corrected chi connectivity index (χ0v) is 14.2. The second-order valence-electron chi connectivity index (χ2n) is 4.94. The first-order valence-electron chi connectivity index (χ1n) is 6.52. The molecule has 0 saturated carbocycles. The molecule has 0 saturated heterocycles. The van der Waals surface area contributed by atoms with Crippen LogP contribution in [0.25, 0.3) is 0 Å². The number of anilines is 2. The number of hydrogen-bond donors (Lipinski definition) is 2. The van der Waals surface area contributed by atoms with Gasteiger partial charge in [-0.15, -0.1) is 0 Å². The maximum atomic E-state index is 12.2. The lowest BCUT2D eigenvalue weighted by atomic mass is 10.2. The second-order valence-corrected chi connectivity index (χ2v) is 7.53. The quantitative estimate of drug-likeness (QED) is 0.835. The van der Waals surface area contributed by atoms with E-state index in [1.807, 2.05) is 26.0 Å². The highest BCUT2D eigenvalue weighted by atomic mass is 79.9. The summed E-state index contributed by atoms with van der Waals surface area (Å²) in [5.74, 6) is 0. The largest absolute Gasteiger partial charge is 0.383 e. The Morgan fingerprint density at radius 3 is 1.95 bits per heavy atom. The van der Waals surface area contributed by atoms with E-state index in [2.05, 4.69) is 26.0 Å². The predicted octanol–water partition coefficient (Wildman–Crippen LogP) is 4.07. The van der Waals surface area contributed by atoms with Crippen molar-refractivity contribution in [3.63, 3.8) is 0 Å². The molecule has 0 unspecified atom stereocenters. The monoisotopic (exact) mass is 368 g/mol. The fourth-order valence-electron chi connectivity index (χ4n) is 1.80. The topological polar surface area (TPSA) is 58.2 Å². The van der Waals surface area contributed by atoms with Crippen molar-refractivity contribution < 1.29 is 8.42 Å². The molecule has 0 aromatic heterocycles. The molecular formula is C15H17BrN2O2S. The summed E-state index contributed by atoms with van der Waals surface area (Å²) >= 11 is 3.28. The number of nitrogens with one attached hydrogen (secondary N) is 2. The van der Waals surface area contributed by atoms with Crippen molar-refractivity contribution in [3.8, 4) is 0 Å². The third-order valence-electron chi connectivity index (χ3n) is 2.72. The van der Waals surface area contributed by atoms with Gasteiger partial charge in [0.25, 0.3) is 10.0 Å². The Kier molecular flexibility index (Phi) is 4.90. The van der Waals surface area contributed by atoms with Crippen LogP contribution in [0.3, 0.4) is 0 Å². The molecule has 112 valence electrons. The second kappa shape index (κ2) is 6.49. The van der Waals surface area contributed by atoms with Crippen LogP contribution < -0.4 is 10.0 Å². The number of hydrogen-bond acceptors (Lipinski definition) is 3. The number of rotatable bonds is 5. The Labute approximate surface area is 133 Å². The van der Waals surface area contributed by atoms with E-state index >= 15 is 0 Å². The fourth-order valence-corrected chi connectivity index (χ4v) is 3.12. The summed E-state index contributed by atoms with van der Waals surface area (Å²) in [6.07, 6.45) is 0. The Morgan fingerprint density at radius 1 is 0.905 bits per heavy atom. The molecule has 0 radical (unpaired) electrons. The summed E-state index contributed by atoms with van der Waals surface area (Å²) in [6, 6.07) is 14.0. The molecule has 2 rings (SSSR count). The lowest BCUT2D eigenvalue weighted by Crippen LogP contribution is -2.13. The molecule has 2 aromatic carbocycles. The highest BCUT2D eigenvalue weighted by molar-refractivity contribution is 9.10. The average molecular weight is 369 g/mol. The van der Waals surface area contributed by atoms with E-state index in [0.717, 1.165) is 10.2 Å². The SMILES string of the molecule is CC(C)Nc1ccc(NS(=O)(=O)c2ccc(Br)cc2)cc1. The Morgan fingerprint density at radius 2 is 1.43 bits per heavy atom. The molecule has 0 bridgehead atoms. The van der Waals surface area contributed by atoms with Crippen molar-refractivity contribution in [3.05, 3.63) is 53.0 Å². The van der Waals surface area contributed by atoms with Crippen LogP contribution >= 0.6 is 15.9 Å². The van der Waals surface area contributed by atoms with Gasteiger partial charge < -0.3 is 5.32 Å². The molecular weight excluding hydrogens is 352 g/mol. The predicted molar refractivity (Wildman–Crippen MR) is 90.2 cm³/mol. The van der Waals surface area contributed by atoms with Crippen LogP contribution in [-0.4, -0.2) is 14.5 Å². The molecule has 0 spiro atoms. The van der Waals surface area contributed by atoms with Crippen molar-refractivity contribution in [1.29, 1.82) is 0 Å². The molecule has 0 aliphatic carbocycles. The van der Waals surface area contributed by atoms with Crippen molar-refractivity contribution >= 4 is 37.3 Å². The van der Waals surface area contributed by atoms with Gasteiger partial charge in [-0.1, -0.05) is 15.9 Å². The van der Waals surface area contributed by atoms with Crippen LogP contribution in [0.2, 0.25) is 0 Å². The summed E-state index contributed by atoms with van der Waals surface area (Å²) in [5.41, 5.74) is 1.49. The van der Waals surface area contributed by atoms with Gasteiger partial charge in [0, 0.05) is 21.9 Å². The van der Waals surface area contributed by atoms with Crippen molar-refractivity contribution in [2.24, 2.45) is 0 Å². The van der Waals surface area contributed by atoms with Crippen LogP contribution in [-0.2, 0) is 10.0 Å². The Hall–Kier alpha value is -1.53. The first-order chi connectivity index (χ1) is 9.87. The summed E-state index contributed by atoms with van der Waals surface area (Å²) in [4.78, 5) is 0.232. The molecule has 6 heteroatoms. The van der Waals surface area contributed by atoms with Crippen LogP contribution in [0.5, 0.6) is 0 Å². The first kappa shape index (κ1) is 15.9. The van der Waals surface area contributed by atoms with Gasteiger partial charge in [-0.25, -0.2) is 8.42 Å². The van der Waals surface area contributed by atoms with Gasteiger partial charge >= 0.3 is 0 Å². The third-order valence-corrected chi connectivity index (χ3v) is 4.64. The lowest BCUT2D eigenvalue weighted by molar-refractivity contribution is 0.601. The molecule has 0 fully saturated rings. The van der Waals surface area contributed by atoms with Gasteiger partial charge in [0.2, 0.25) is 0 Å². The summed E-state index contributed by atoms with van der Waals surface area (Å²) in [5, 5.41) is 3.25. The van der Waals surface area contributed by atoms with E-state index in [0.29, 0.717) is 11.7 Å². The van der Waals surface area contributed by atoms with E-state index in [4.69, 9.17) is 0 Å². The lowest BCUT2D eigenvalue weighted by Gasteiger charge is -2.12. The highest BCUT2D eigenvalue weighted by Crippen LogP contribution is 2.20. The molecule has 0 amide bonds. The molecule has 0 aliphatic heterocycles. The average Bonchev–Trinajstić information content (AvgIpc) is 2.40. The molecule has 4 nitrogen and oxygen atoms in total. The maximum Gasteiger partial charge on any atom is 0.261 e. The highest BCUT2D eigenvalue weighted by Gasteiger charge is 2.13. The van der Waals surface area contributed by atoms with Crippen molar-refractivity contribution in [1.82, 2.24) is 0 Å². The van der Waals surface area contributed by atoms with Gasteiger partial charge in [-0.2, -0.15) is 0 Å².